The van der Waals surface area contributed by atoms with E-state index in [2.05, 4.69) is 9.97 Å². The Morgan fingerprint density at radius 1 is 1.29 bits per heavy atom. The Balaban J connectivity index is 1.88. The zero-order valence-corrected chi connectivity index (χ0v) is 11.2. The molecule has 1 aromatic heterocycles. The smallest absolute Gasteiger partial charge is 0.187 e. The highest BCUT2D eigenvalue weighted by Gasteiger charge is 2.15. The standard InChI is InChI=1S/C13H21N3S/c1-10(14)7-11-8-15-13(16-9-11)17-12-5-3-2-4-6-12/h8-10,12H,2-7,14H2,1H3. The molecule has 0 amide bonds. The number of aromatic nitrogens is 2. The summed E-state index contributed by atoms with van der Waals surface area (Å²) in [6, 6.07) is 0.176. The molecule has 0 bridgehead atoms. The summed E-state index contributed by atoms with van der Waals surface area (Å²) in [5.74, 6) is 0. The highest BCUT2D eigenvalue weighted by atomic mass is 32.2. The first kappa shape index (κ1) is 12.8. The lowest BCUT2D eigenvalue weighted by atomic mass is 10.0. The maximum absolute atomic E-state index is 5.75. The first-order valence-corrected chi connectivity index (χ1v) is 7.35. The van der Waals surface area contributed by atoms with Crippen LogP contribution >= 0.6 is 11.8 Å². The Kier molecular flexibility index (Phi) is 4.80. The van der Waals surface area contributed by atoms with E-state index in [-0.39, 0.29) is 6.04 Å². The molecule has 0 aliphatic heterocycles. The first-order valence-electron chi connectivity index (χ1n) is 6.47. The number of hydrogen-bond acceptors (Lipinski definition) is 4. The fraction of sp³-hybridized carbons (Fsp3) is 0.692. The second-order valence-electron chi connectivity index (χ2n) is 4.93. The summed E-state index contributed by atoms with van der Waals surface area (Å²) < 4.78 is 0. The average Bonchev–Trinajstić information content (AvgIpc) is 2.32. The molecule has 1 fully saturated rings. The van der Waals surface area contributed by atoms with Crippen LogP contribution in [0.25, 0.3) is 0 Å². The molecule has 1 saturated carbocycles. The summed E-state index contributed by atoms with van der Waals surface area (Å²) in [7, 11) is 0. The monoisotopic (exact) mass is 251 g/mol. The van der Waals surface area contributed by atoms with Crippen LogP contribution in [0.15, 0.2) is 17.6 Å². The molecule has 1 unspecified atom stereocenters. The van der Waals surface area contributed by atoms with Crippen LogP contribution in [-0.4, -0.2) is 21.3 Å². The predicted octanol–water partition coefficient (Wildman–Crippen LogP) is 2.79. The number of rotatable bonds is 4. The molecule has 1 heterocycles. The van der Waals surface area contributed by atoms with Gasteiger partial charge in [-0.3, -0.25) is 0 Å². The minimum Gasteiger partial charge on any atom is -0.328 e. The van der Waals surface area contributed by atoms with Gasteiger partial charge in [-0.25, -0.2) is 9.97 Å². The van der Waals surface area contributed by atoms with E-state index in [0.717, 1.165) is 22.4 Å². The molecule has 2 rings (SSSR count). The molecule has 1 aliphatic carbocycles. The Morgan fingerprint density at radius 3 is 2.53 bits per heavy atom. The molecule has 17 heavy (non-hydrogen) atoms. The van der Waals surface area contributed by atoms with E-state index in [0.29, 0.717) is 0 Å². The highest BCUT2D eigenvalue weighted by Crippen LogP contribution is 2.31. The van der Waals surface area contributed by atoms with Crippen molar-refractivity contribution in [2.75, 3.05) is 0 Å². The van der Waals surface area contributed by atoms with Crippen LogP contribution in [-0.2, 0) is 6.42 Å². The normalized spacial score (nSPS) is 19.2. The predicted molar refractivity (Wildman–Crippen MR) is 72.1 cm³/mol. The largest absolute Gasteiger partial charge is 0.328 e. The van der Waals surface area contributed by atoms with E-state index in [1.165, 1.54) is 32.1 Å². The number of nitrogens with two attached hydrogens (primary N) is 1. The van der Waals surface area contributed by atoms with Gasteiger partial charge in [0, 0.05) is 23.7 Å². The Bertz CT molecular complexity index is 331. The van der Waals surface area contributed by atoms with E-state index in [1.54, 1.807) is 0 Å². The van der Waals surface area contributed by atoms with Crippen molar-refractivity contribution in [3.63, 3.8) is 0 Å². The van der Waals surface area contributed by atoms with Crippen molar-refractivity contribution in [1.29, 1.82) is 0 Å². The average molecular weight is 251 g/mol. The molecule has 0 radical (unpaired) electrons. The molecule has 1 aliphatic rings. The van der Waals surface area contributed by atoms with Crippen molar-refractivity contribution in [3.8, 4) is 0 Å². The summed E-state index contributed by atoms with van der Waals surface area (Å²) in [6.07, 6.45) is 11.4. The molecule has 94 valence electrons. The minimum absolute atomic E-state index is 0.176. The second-order valence-corrected chi connectivity index (χ2v) is 6.20. The van der Waals surface area contributed by atoms with Crippen molar-refractivity contribution in [1.82, 2.24) is 9.97 Å². The number of hydrogen-bond donors (Lipinski definition) is 1. The summed E-state index contributed by atoms with van der Waals surface area (Å²) >= 11 is 1.84. The van der Waals surface area contributed by atoms with Gasteiger partial charge in [0.25, 0.3) is 0 Å². The number of nitrogens with zero attached hydrogens (tertiary/aromatic N) is 2. The number of thioether (sulfide) groups is 1. The van der Waals surface area contributed by atoms with Gasteiger partial charge in [-0.05, 0) is 31.7 Å². The Labute approximate surface area is 108 Å². The zero-order valence-electron chi connectivity index (χ0n) is 10.4. The van der Waals surface area contributed by atoms with E-state index < -0.39 is 0 Å². The van der Waals surface area contributed by atoms with Crippen LogP contribution in [0.3, 0.4) is 0 Å². The van der Waals surface area contributed by atoms with E-state index in [1.807, 2.05) is 31.1 Å². The first-order chi connectivity index (χ1) is 8.24. The molecule has 1 aromatic rings. The lowest BCUT2D eigenvalue weighted by molar-refractivity contribution is 0.515. The highest BCUT2D eigenvalue weighted by molar-refractivity contribution is 7.99. The van der Waals surface area contributed by atoms with Gasteiger partial charge in [-0.15, -0.1) is 0 Å². The van der Waals surface area contributed by atoms with Crippen LogP contribution < -0.4 is 5.73 Å². The summed E-state index contributed by atoms with van der Waals surface area (Å²) in [6.45, 7) is 2.00. The maximum atomic E-state index is 5.75. The van der Waals surface area contributed by atoms with Crippen LogP contribution in [0, 0.1) is 0 Å². The van der Waals surface area contributed by atoms with Gasteiger partial charge in [0.2, 0.25) is 0 Å². The fourth-order valence-electron chi connectivity index (χ4n) is 2.21. The topological polar surface area (TPSA) is 51.8 Å². The van der Waals surface area contributed by atoms with Crippen LogP contribution in [0.5, 0.6) is 0 Å². The van der Waals surface area contributed by atoms with Crippen LogP contribution in [0.1, 0.15) is 44.6 Å². The molecule has 0 aromatic carbocycles. The van der Waals surface area contributed by atoms with Gasteiger partial charge in [0.05, 0.1) is 0 Å². The third-order valence-electron chi connectivity index (χ3n) is 3.06. The summed E-state index contributed by atoms with van der Waals surface area (Å²) in [5.41, 5.74) is 6.88. The van der Waals surface area contributed by atoms with Crippen molar-refractivity contribution < 1.29 is 0 Å². The van der Waals surface area contributed by atoms with E-state index in [4.69, 9.17) is 5.73 Å². The van der Waals surface area contributed by atoms with Gasteiger partial charge in [-0.1, -0.05) is 31.0 Å². The second kappa shape index (κ2) is 6.36. The van der Waals surface area contributed by atoms with Gasteiger partial charge in [0.15, 0.2) is 5.16 Å². The van der Waals surface area contributed by atoms with Crippen molar-refractivity contribution in [2.45, 2.75) is 61.9 Å². The third-order valence-corrected chi connectivity index (χ3v) is 4.29. The molecule has 0 saturated heterocycles. The molecule has 3 nitrogen and oxygen atoms in total. The molecule has 1 atom stereocenters. The minimum atomic E-state index is 0.176. The summed E-state index contributed by atoms with van der Waals surface area (Å²) in [5, 5.41) is 1.65. The van der Waals surface area contributed by atoms with Crippen molar-refractivity contribution in [2.24, 2.45) is 5.73 Å². The molecule has 0 spiro atoms. The van der Waals surface area contributed by atoms with Crippen molar-refractivity contribution >= 4 is 11.8 Å². The lowest BCUT2D eigenvalue weighted by Gasteiger charge is -2.19. The quantitative estimate of drug-likeness (QED) is 0.836. The Hall–Kier alpha value is -0.610. The fourth-order valence-corrected chi connectivity index (χ4v) is 3.31. The SMILES string of the molecule is CC(N)Cc1cnc(SC2CCCCC2)nc1. The van der Waals surface area contributed by atoms with E-state index >= 15 is 0 Å². The van der Waals surface area contributed by atoms with Gasteiger partial charge in [0.1, 0.15) is 0 Å². The lowest BCUT2D eigenvalue weighted by Crippen LogP contribution is -2.18. The molecular weight excluding hydrogens is 230 g/mol. The third kappa shape index (κ3) is 4.28. The van der Waals surface area contributed by atoms with Gasteiger partial charge < -0.3 is 5.73 Å². The van der Waals surface area contributed by atoms with Crippen LogP contribution in [0.4, 0.5) is 0 Å². The molecule has 4 heteroatoms. The van der Waals surface area contributed by atoms with Crippen molar-refractivity contribution in [3.05, 3.63) is 18.0 Å². The zero-order chi connectivity index (χ0) is 12.1. The Morgan fingerprint density at radius 2 is 1.94 bits per heavy atom. The maximum Gasteiger partial charge on any atom is 0.187 e. The van der Waals surface area contributed by atoms with Gasteiger partial charge in [-0.2, -0.15) is 0 Å². The van der Waals surface area contributed by atoms with Gasteiger partial charge >= 0.3 is 0 Å². The molecular formula is C13H21N3S. The van der Waals surface area contributed by atoms with E-state index in [9.17, 15) is 0 Å². The van der Waals surface area contributed by atoms with Crippen LogP contribution in [0.2, 0.25) is 0 Å². The summed E-state index contributed by atoms with van der Waals surface area (Å²) in [4.78, 5) is 8.84. The molecule has 2 N–H and O–H groups in total.